The van der Waals surface area contributed by atoms with Crippen LogP contribution in [-0.4, -0.2) is 25.2 Å². The van der Waals surface area contributed by atoms with Crippen molar-refractivity contribution >= 4 is 23.3 Å². The quantitative estimate of drug-likeness (QED) is 0.771. The minimum Gasteiger partial charge on any atom is -0.334 e. The molecule has 0 aromatic heterocycles. The van der Waals surface area contributed by atoms with Gasteiger partial charge in [-0.1, -0.05) is 17.7 Å². The maximum absolute atomic E-state index is 11.8. The first-order valence-corrected chi connectivity index (χ1v) is 6.57. The van der Waals surface area contributed by atoms with Crippen molar-refractivity contribution in [2.24, 2.45) is 0 Å². The average molecular weight is 268 g/mol. The Bertz CT molecular complexity index is 430. The monoisotopic (exact) mass is 267 g/mol. The Morgan fingerprint density at radius 1 is 1.50 bits per heavy atom. The van der Waals surface area contributed by atoms with Crippen molar-refractivity contribution < 1.29 is 4.79 Å². The van der Waals surface area contributed by atoms with Gasteiger partial charge < -0.3 is 16.0 Å². The molecule has 1 aliphatic heterocycles. The summed E-state index contributed by atoms with van der Waals surface area (Å²) in [7, 11) is 0. The minimum atomic E-state index is -0.198. The van der Waals surface area contributed by atoms with Gasteiger partial charge in [0, 0.05) is 12.6 Å². The Morgan fingerprint density at radius 2 is 2.33 bits per heavy atom. The number of amides is 2. The number of urea groups is 1. The van der Waals surface area contributed by atoms with E-state index in [2.05, 4.69) is 16.0 Å². The molecule has 0 aliphatic carbocycles. The summed E-state index contributed by atoms with van der Waals surface area (Å²) < 4.78 is 0. The van der Waals surface area contributed by atoms with Crippen molar-refractivity contribution in [1.29, 1.82) is 0 Å². The predicted molar refractivity (Wildman–Crippen MR) is 74.2 cm³/mol. The van der Waals surface area contributed by atoms with Crippen molar-refractivity contribution in [3.8, 4) is 0 Å². The first kappa shape index (κ1) is 13.2. The molecular formula is C13H18ClN3O. The fourth-order valence-corrected chi connectivity index (χ4v) is 2.22. The molecule has 1 aromatic carbocycles. The van der Waals surface area contributed by atoms with Crippen molar-refractivity contribution in [1.82, 2.24) is 10.6 Å². The number of nitrogens with one attached hydrogen (secondary N) is 3. The highest BCUT2D eigenvalue weighted by Gasteiger charge is 2.15. The summed E-state index contributed by atoms with van der Waals surface area (Å²) in [5.41, 5.74) is 1.71. The number of anilines is 1. The van der Waals surface area contributed by atoms with Crippen LogP contribution in [0, 0.1) is 6.92 Å². The third kappa shape index (κ3) is 3.62. The Hall–Kier alpha value is -1.26. The van der Waals surface area contributed by atoms with Crippen LogP contribution in [0.25, 0.3) is 0 Å². The molecule has 2 amide bonds. The maximum atomic E-state index is 11.8. The van der Waals surface area contributed by atoms with Gasteiger partial charge in [-0.3, -0.25) is 0 Å². The maximum Gasteiger partial charge on any atom is 0.319 e. The lowest BCUT2D eigenvalue weighted by molar-refractivity contribution is 0.245. The van der Waals surface area contributed by atoms with E-state index in [4.69, 9.17) is 11.6 Å². The van der Waals surface area contributed by atoms with Gasteiger partial charge in [-0.25, -0.2) is 4.79 Å². The van der Waals surface area contributed by atoms with Crippen LogP contribution in [-0.2, 0) is 0 Å². The molecule has 1 atom stereocenters. The van der Waals surface area contributed by atoms with Crippen LogP contribution >= 0.6 is 11.6 Å². The van der Waals surface area contributed by atoms with Gasteiger partial charge in [0.2, 0.25) is 0 Å². The number of aryl methyl sites for hydroxylation is 1. The molecule has 5 heteroatoms. The fourth-order valence-electron chi connectivity index (χ4n) is 2.05. The highest BCUT2D eigenvalue weighted by Crippen LogP contribution is 2.22. The lowest BCUT2D eigenvalue weighted by Gasteiger charge is -2.24. The number of rotatable bonds is 2. The second-order valence-corrected chi connectivity index (χ2v) is 5.03. The van der Waals surface area contributed by atoms with Crippen molar-refractivity contribution in [3.05, 3.63) is 28.8 Å². The number of hydrogen-bond acceptors (Lipinski definition) is 2. The molecule has 2 rings (SSSR count). The normalized spacial score (nSPS) is 19.3. The summed E-state index contributed by atoms with van der Waals surface area (Å²) in [5, 5.41) is 9.54. The molecule has 0 saturated carbocycles. The number of carbonyl (C=O) groups excluding carboxylic acids is 1. The van der Waals surface area contributed by atoms with Gasteiger partial charge in [0.25, 0.3) is 0 Å². The van der Waals surface area contributed by atoms with Crippen LogP contribution in [0.2, 0.25) is 5.02 Å². The summed E-state index contributed by atoms with van der Waals surface area (Å²) in [4.78, 5) is 11.8. The summed E-state index contributed by atoms with van der Waals surface area (Å²) in [6.45, 7) is 3.82. The molecule has 1 saturated heterocycles. The van der Waals surface area contributed by atoms with E-state index >= 15 is 0 Å². The summed E-state index contributed by atoms with van der Waals surface area (Å²) in [6.07, 6.45) is 2.11. The van der Waals surface area contributed by atoms with E-state index in [0.717, 1.165) is 31.5 Å². The standard InChI is InChI=1S/C13H18ClN3O/c1-9-4-5-11(14)12(7-9)17-13(18)16-10-3-2-6-15-8-10/h4-5,7,10,15H,2-3,6,8H2,1H3,(H2,16,17,18)/t10-/m1/s1. The molecule has 1 heterocycles. The Labute approximate surface area is 112 Å². The summed E-state index contributed by atoms with van der Waals surface area (Å²) >= 11 is 6.03. The molecule has 3 N–H and O–H groups in total. The number of carbonyl (C=O) groups is 1. The third-order valence-electron chi connectivity index (χ3n) is 3.00. The van der Waals surface area contributed by atoms with Gasteiger partial charge in [-0.05, 0) is 44.0 Å². The Morgan fingerprint density at radius 3 is 3.06 bits per heavy atom. The van der Waals surface area contributed by atoms with E-state index in [1.807, 2.05) is 19.1 Å². The number of hydrogen-bond donors (Lipinski definition) is 3. The second-order valence-electron chi connectivity index (χ2n) is 4.63. The number of halogens is 1. The second kappa shape index (κ2) is 6.07. The highest BCUT2D eigenvalue weighted by molar-refractivity contribution is 6.33. The largest absolute Gasteiger partial charge is 0.334 e. The van der Waals surface area contributed by atoms with E-state index in [1.54, 1.807) is 6.07 Å². The summed E-state index contributed by atoms with van der Waals surface area (Å²) in [6, 6.07) is 5.56. The average Bonchev–Trinajstić information content (AvgIpc) is 2.35. The Balaban J connectivity index is 1.92. The van der Waals surface area contributed by atoms with Gasteiger partial charge in [0.05, 0.1) is 10.7 Å². The predicted octanol–water partition coefficient (Wildman–Crippen LogP) is 2.52. The molecular weight excluding hydrogens is 250 g/mol. The SMILES string of the molecule is Cc1ccc(Cl)c(NC(=O)N[C@@H]2CCCNC2)c1. The van der Waals surface area contributed by atoms with E-state index in [1.165, 1.54) is 0 Å². The van der Waals surface area contributed by atoms with Gasteiger partial charge in [-0.2, -0.15) is 0 Å². The van der Waals surface area contributed by atoms with Crippen LogP contribution in [0.3, 0.4) is 0 Å². The number of benzene rings is 1. The zero-order valence-electron chi connectivity index (χ0n) is 10.4. The van der Waals surface area contributed by atoms with Gasteiger partial charge >= 0.3 is 6.03 Å². The van der Waals surface area contributed by atoms with Gasteiger partial charge in [0.15, 0.2) is 0 Å². The molecule has 18 heavy (non-hydrogen) atoms. The molecule has 0 unspecified atom stereocenters. The van der Waals surface area contributed by atoms with Crippen LogP contribution in [0.1, 0.15) is 18.4 Å². The van der Waals surface area contributed by atoms with Gasteiger partial charge in [-0.15, -0.1) is 0 Å². The van der Waals surface area contributed by atoms with Crippen molar-refractivity contribution in [2.45, 2.75) is 25.8 Å². The topological polar surface area (TPSA) is 53.2 Å². The summed E-state index contributed by atoms with van der Waals surface area (Å²) in [5.74, 6) is 0. The van der Waals surface area contributed by atoms with Crippen LogP contribution in [0.5, 0.6) is 0 Å². The van der Waals surface area contributed by atoms with E-state index in [9.17, 15) is 4.79 Å². The molecule has 98 valence electrons. The van der Waals surface area contributed by atoms with E-state index < -0.39 is 0 Å². The lowest BCUT2D eigenvalue weighted by atomic mass is 10.1. The molecule has 1 aromatic rings. The minimum absolute atomic E-state index is 0.197. The van der Waals surface area contributed by atoms with Gasteiger partial charge in [0.1, 0.15) is 0 Å². The van der Waals surface area contributed by atoms with E-state index in [-0.39, 0.29) is 12.1 Å². The van der Waals surface area contributed by atoms with E-state index in [0.29, 0.717) is 10.7 Å². The smallest absolute Gasteiger partial charge is 0.319 e. The highest BCUT2D eigenvalue weighted by atomic mass is 35.5. The molecule has 1 aliphatic rings. The van der Waals surface area contributed by atoms with Crippen molar-refractivity contribution in [2.75, 3.05) is 18.4 Å². The molecule has 1 fully saturated rings. The number of piperidine rings is 1. The molecule has 4 nitrogen and oxygen atoms in total. The molecule has 0 spiro atoms. The molecule has 0 bridgehead atoms. The zero-order valence-corrected chi connectivity index (χ0v) is 11.2. The van der Waals surface area contributed by atoms with Crippen LogP contribution in [0.4, 0.5) is 10.5 Å². The lowest BCUT2D eigenvalue weighted by Crippen LogP contribution is -2.47. The zero-order chi connectivity index (χ0) is 13.0. The van der Waals surface area contributed by atoms with Crippen LogP contribution < -0.4 is 16.0 Å². The van der Waals surface area contributed by atoms with Crippen LogP contribution in [0.15, 0.2) is 18.2 Å². The third-order valence-corrected chi connectivity index (χ3v) is 3.33. The first-order valence-electron chi connectivity index (χ1n) is 6.19. The first-order chi connectivity index (χ1) is 8.65. The van der Waals surface area contributed by atoms with Crippen molar-refractivity contribution in [3.63, 3.8) is 0 Å². The fraction of sp³-hybridized carbons (Fsp3) is 0.462. The molecule has 0 radical (unpaired) electrons. The Kier molecular flexibility index (Phi) is 4.44.